The molecule has 0 radical (unpaired) electrons. The number of carbonyl (C=O) groups is 3. The molecule has 2 N–H and O–H groups in total. The van der Waals surface area contributed by atoms with Gasteiger partial charge in [-0.3, -0.25) is 9.59 Å². The molecule has 0 saturated carbocycles. The highest BCUT2D eigenvalue weighted by molar-refractivity contribution is 6.64. The van der Waals surface area contributed by atoms with Crippen molar-refractivity contribution in [2.24, 2.45) is 5.92 Å². The Hall–Kier alpha value is -1.61. The van der Waals surface area contributed by atoms with Crippen LogP contribution in [0.25, 0.3) is 0 Å². The minimum atomic E-state index is -1.98. The SMILES string of the molecule is CC(C)C[C@H](CC(=O)CNC(=O)c1cc(Cl)ccc1Cl)[B-]12OC[C@@H](C)[NH+]1[C@@H](C)C(=O)O2. The highest BCUT2D eigenvalue weighted by atomic mass is 35.5. The summed E-state index contributed by atoms with van der Waals surface area (Å²) in [5.74, 6) is -0.890. The van der Waals surface area contributed by atoms with Crippen molar-refractivity contribution in [3.63, 3.8) is 0 Å². The molecule has 2 saturated heterocycles. The van der Waals surface area contributed by atoms with Crippen LogP contribution in [0, 0.1) is 5.92 Å². The molecule has 2 unspecified atom stereocenters. The highest BCUT2D eigenvalue weighted by Gasteiger charge is 2.64. The zero-order chi connectivity index (χ0) is 22.9. The summed E-state index contributed by atoms with van der Waals surface area (Å²) in [6.45, 7) is 6.34. The normalized spacial score (nSPS) is 28.4. The Labute approximate surface area is 192 Å². The second-order valence-electron chi connectivity index (χ2n) is 9.10. The number of hydrogen-bond donors (Lipinski definition) is 2. The molecule has 7 nitrogen and oxygen atoms in total. The summed E-state index contributed by atoms with van der Waals surface area (Å²) in [6, 6.07) is 4.36. The quantitative estimate of drug-likeness (QED) is 0.569. The summed E-state index contributed by atoms with van der Waals surface area (Å²) < 4.78 is 12.0. The molecule has 1 aromatic rings. The fraction of sp³-hybridized carbons (Fsp3) is 0.571. The number of quaternary nitrogens is 1. The lowest BCUT2D eigenvalue weighted by Gasteiger charge is -2.40. The van der Waals surface area contributed by atoms with E-state index in [9.17, 15) is 14.4 Å². The van der Waals surface area contributed by atoms with Crippen molar-refractivity contribution in [1.82, 2.24) is 5.32 Å². The first-order valence-electron chi connectivity index (χ1n) is 10.7. The first-order chi connectivity index (χ1) is 14.5. The average Bonchev–Trinajstić information content (AvgIpc) is 3.16. The summed E-state index contributed by atoms with van der Waals surface area (Å²) >= 11 is 12.0. The Bertz CT molecular complexity index is 883. The number of rotatable bonds is 8. The summed E-state index contributed by atoms with van der Waals surface area (Å²) in [6.07, 6.45) is 0.827. The fourth-order valence-electron chi connectivity index (χ4n) is 5.00. The van der Waals surface area contributed by atoms with E-state index in [1.54, 1.807) is 6.07 Å². The molecular formula is C21H29BCl2N2O5. The van der Waals surface area contributed by atoms with Crippen molar-refractivity contribution in [3.8, 4) is 0 Å². The van der Waals surface area contributed by atoms with Crippen LogP contribution in [0.15, 0.2) is 18.2 Å². The molecule has 170 valence electrons. The van der Waals surface area contributed by atoms with Crippen LogP contribution in [0.2, 0.25) is 15.9 Å². The fourth-order valence-corrected chi connectivity index (χ4v) is 5.38. The summed E-state index contributed by atoms with van der Waals surface area (Å²) in [5, 5.41) is 3.26. The van der Waals surface area contributed by atoms with Crippen LogP contribution in [-0.2, 0) is 18.9 Å². The van der Waals surface area contributed by atoms with Gasteiger partial charge < -0.3 is 19.4 Å². The van der Waals surface area contributed by atoms with E-state index in [4.69, 9.17) is 32.5 Å². The standard InChI is InChI=1S/C21H29BCl2N2O5/c1-12(2)7-15(22-26(13(3)11-30-22)14(4)21(29)31-22)8-17(27)10-25-20(28)18-9-16(23)5-6-19(18)24/h5-6,9,12-15,26H,7-8,10-11H2,1-4H3,(H,25,28)/t13-,14+,15-,22?/m1/s1. The van der Waals surface area contributed by atoms with Crippen LogP contribution in [-0.4, -0.2) is 49.6 Å². The highest BCUT2D eigenvalue weighted by Crippen LogP contribution is 2.35. The van der Waals surface area contributed by atoms with Gasteiger partial charge in [0.15, 0.2) is 0 Å². The molecule has 0 spiro atoms. The van der Waals surface area contributed by atoms with E-state index >= 15 is 0 Å². The third-order valence-corrected chi connectivity index (χ3v) is 6.84. The monoisotopic (exact) mass is 470 g/mol. The Morgan fingerprint density at radius 3 is 2.68 bits per heavy atom. The van der Waals surface area contributed by atoms with Crippen molar-refractivity contribution in [2.45, 2.75) is 58.4 Å². The second-order valence-corrected chi connectivity index (χ2v) is 9.95. The number of Topliss-reactive ketones (excluding diaryl/α,β-unsaturated/α-hetero) is 1. The van der Waals surface area contributed by atoms with E-state index in [0.717, 1.165) is 4.81 Å². The molecule has 0 bridgehead atoms. The zero-order valence-electron chi connectivity index (χ0n) is 18.2. The van der Waals surface area contributed by atoms with Crippen LogP contribution in [0.1, 0.15) is 50.9 Å². The first kappa shape index (κ1) is 24.0. The van der Waals surface area contributed by atoms with Gasteiger partial charge in [0.2, 0.25) is 0 Å². The van der Waals surface area contributed by atoms with E-state index in [2.05, 4.69) is 19.2 Å². The average molecular weight is 471 g/mol. The van der Waals surface area contributed by atoms with Crippen LogP contribution in [0.4, 0.5) is 0 Å². The van der Waals surface area contributed by atoms with E-state index in [0.29, 0.717) is 18.1 Å². The predicted molar refractivity (Wildman–Crippen MR) is 119 cm³/mol. The maximum atomic E-state index is 12.8. The third-order valence-electron chi connectivity index (χ3n) is 6.28. The van der Waals surface area contributed by atoms with Crippen molar-refractivity contribution in [1.29, 1.82) is 0 Å². The van der Waals surface area contributed by atoms with Gasteiger partial charge in [-0.25, -0.2) is 4.79 Å². The minimum Gasteiger partial charge on any atom is -0.611 e. The van der Waals surface area contributed by atoms with Crippen LogP contribution in [0.3, 0.4) is 0 Å². The van der Waals surface area contributed by atoms with Crippen molar-refractivity contribution in [3.05, 3.63) is 33.8 Å². The van der Waals surface area contributed by atoms with Crippen molar-refractivity contribution in [2.75, 3.05) is 13.2 Å². The van der Waals surface area contributed by atoms with Crippen LogP contribution >= 0.6 is 23.2 Å². The summed E-state index contributed by atoms with van der Waals surface area (Å²) in [5.41, 5.74) is 0.214. The number of halogens is 2. The number of nitrogens with one attached hydrogen (secondary N) is 2. The van der Waals surface area contributed by atoms with Gasteiger partial charge in [0, 0.05) is 5.02 Å². The van der Waals surface area contributed by atoms with Gasteiger partial charge >= 0.3 is 12.7 Å². The van der Waals surface area contributed by atoms with E-state index in [1.165, 1.54) is 12.1 Å². The number of ketones is 1. The Morgan fingerprint density at radius 2 is 2.00 bits per heavy atom. The van der Waals surface area contributed by atoms with E-state index in [-0.39, 0.29) is 59.1 Å². The second kappa shape index (κ2) is 9.49. The number of carbonyl (C=O) groups excluding carboxylic acids is 3. The third kappa shape index (κ3) is 4.92. The Kier molecular flexibility index (Phi) is 7.36. The first-order valence-corrected chi connectivity index (χ1v) is 11.4. The number of benzene rings is 1. The number of hydrogen-bond acceptors (Lipinski definition) is 5. The molecule has 2 aliphatic heterocycles. The van der Waals surface area contributed by atoms with Gasteiger partial charge in [-0.2, -0.15) is 0 Å². The molecule has 1 amide bonds. The molecule has 0 aliphatic carbocycles. The largest absolute Gasteiger partial charge is 0.611 e. The maximum Gasteiger partial charge on any atom is 0.530 e. The van der Waals surface area contributed by atoms with E-state index < -0.39 is 12.6 Å². The van der Waals surface area contributed by atoms with Gasteiger partial charge in [0.05, 0.1) is 29.8 Å². The lowest BCUT2D eigenvalue weighted by molar-refractivity contribution is -0.831. The molecule has 5 atom stereocenters. The molecule has 3 rings (SSSR count). The van der Waals surface area contributed by atoms with Crippen molar-refractivity contribution >= 4 is 47.5 Å². The van der Waals surface area contributed by atoms with Gasteiger partial charge in [-0.15, -0.1) is 0 Å². The minimum absolute atomic E-state index is 0.107. The number of amides is 1. The smallest absolute Gasteiger partial charge is 0.530 e. The molecule has 1 aromatic carbocycles. The van der Waals surface area contributed by atoms with Crippen molar-refractivity contribution < 1.29 is 28.5 Å². The predicted octanol–water partition coefficient (Wildman–Crippen LogP) is 2.29. The maximum absolute atomic E-state index is 12.8. The van der Waals surface area contributed by atoms with Gasteiger partial charge in [-0.1, -0.05) is 43.5 Å². The Balaban J connectivity index is 1.71. The van der Waals surface area contributed by atoms with Crippen LogP contribution < -0.4 is 10.1 Å². The molecule has 2 fully saturated rings. The lowest BCUT2D eigenvalue weighted by Crippen LogP contribution is -3.25. The van der Waals surface area contributed by atoms with Gasteiger partial charge in [0.25, 0.3) is 5.91 Å². The molecule has 10 heteroatoms. The lowest BCUT2D eigenvalue weighted by atomic mass is 9.53. The molecular weight excluding hydrogens is 442 g/mol. The van der Waals surface area contributed by atoms with E-state index in [1.807, 2.05) is 13.8 Å². The molecule has 31 heavy (non-hydrogen) atoms. The van der Waals surface area contributed by atoms with Crippen LogP contribution in [0.5, 0.6) is 0 Å². The topological polar surface area (TPSA) is 86.1 Å². The Morgan fingerprint density at radius 1 is 1.29 bits per heavy atom. The molecule has 2 heterocycles. The summed E-state index contributed by atoms with van der Waals surface area (Å²) in [4.78, 5) is 38.6. The summed E-state index contributed by atoms with van der Waals surface area (Å²) in [7, 11) is 0. The molecule has 0 aromatic heterocycles. The zero-order valence-corrected chi connectivity index (χ0v) is 19.8. The molecule has 2 aliphatic rings. The van der Waals surface area contributed by atoms with Gasteiger partial charge in [0.1, 0.15) is 11.8 Å². The van der Waals surface area contributed by atoms with Gasteiger partial charge in [-0.05, 0) is 50.2 Å². The number of fused-ring (bicyclic) bond motifs is 1.